The molecule has 2 aromatic heterocycles. The van der Waals surface area contributed by atoms with E-state index in [0.717, 1.165) is 39.3 Å². The first-order valence-electron chi connectivity index (χ1n) is 9.79. The van der Waals surface area contributed by atoms with E-state index < -0.39 is 11.8 Å². The molecule has 3 aromatic rings. The number of carbonyl (C=O) groups is 1. The first-order chi connectivity index (χ1) is 13.7. The molecule has 29 heavy (non-hydrogen) atoms. The number of aromatic nitrogens is 3. The third-order valence-electron chi connectivity index (χ3n) is 5.16. The van der Waals surface area contributed by atoms with Gasteiger partial charge in [0.05, 0.1) is 22.7 Å². The maximum Gasteiger partial charge on any atom is 0.509 e. The predicted molar refractivity (Wildman–Crippen MR) is 114 cm³/mol. The number of nitrogens with zero attached hydrogens (tertiary/aromatic N) is 2. The van der Waals surface area contributed by atoms with Gasteiger partial charge in [0.2, 0.25) is 0 Å². The molecule has 0 unspecified atom stereocenters. The highest BCUT2D eigenvalue weighted by atomic mass is 79.9. The molecule has 0 bridgehead atoms. The number of rotatable bonds is 2. The van der Waals surface area contributed by atoms with E-state index in [9.17, 15) is 9.59 Å². The van der Waals surface area contributed by atoms with E-state index in [4.69, 9.17) is 9.47 Å². The van der Waals surface area contributed by atoms with Crippen LogP contribution in [0.2, 0.25) is 0 Å². The first-order valence-corrected chi connectivity index (χ1v) is 10.6. The molecule has 1 fully saturated rings. The summed E-state index contributed by atoms with van der Waals surface area (Å²) in [6.45, 7) is 5.43. The number of nitrogens with one attached hydrogen (secondary N) is 1. The predicted octanol–water partition coefficient (Wildman–Crippen LogP) is 5.08. The van der Waals surface area contributed by atoms with E-state index >= 15 is 0 Å². The first kappa shape index (κ1) is 19.9. The quantitative estimate of drug-likeness (QED) is 0.537. The molecule has 1 aliphatic rings. The zero-order valence-electron chi connectivity index (χ0n) is 16.7. The van der Waals surface area contributed by atoms with Crippen LogP contribution >= 0.6 is 15.9 Å². The standard InChI is InChI=1S/C21H24BrN3O4/c1-21(2,3)29-20(27)28-14-7-5-13(6-8-14)25-18-15-10-12(22)4-9-16(15)23-11-17(18)24-19(25)26/h4,9-11,13-14H,5-8H2,1-3H3,(H,24,26). The fourth-order valence-electron chi connectivity index (χ4n) is 3.96. The average molecular weight is 462 g/mol. The Morgan fingerprint density at radius 1 is 1.24 bits per heavy atom. The van der Waals surface area contributed by atoms with Gasteiger partial charge in [-0.2, -0.15) is 0 Å². The number of hydrogen-bond donors (Lipinski definition) is 1. The maximum absolute atomic E-state index is 12.7. The van der Waals surface area contributed by atoms with Crippen molar-refractivity contribution < 1.29 is 14.3 Å². The van der Waals surface area contributed by atoms with Gasteiger partial charge in [-0.1, -0.05) is 15.9 Å². The van der Waals surface area contributed by atoms with Crippen LogP contribution < -0.4 is 5.69 Å². The van der Waals surface area contributed by atoms with Gasteiger partial charge in [0, 0.05) is 15.9 Å². The highest BCUT2D eigenvalue weighted by Crippen LogP contribution is 2.34. The number of ether oxygens (including phenoxy) is 2. The summed E-state index contributed by atoms with van der Waals surface area (Å²) in [6.07, 6.45) is 3.77. The Kier molecular flexibility index (Phi) is 5.14. The second-order valence-electron chi connectivity index (χ2n) is 8.49. The fraction of sp³-hybridized carbons (Fsp3) is 0.476. The van der Waals surface area contributed by atoms with Crippen LogP contribution in [0.3, 0.4) is 0 Å². The molecule has 0 amide bonds. The van der Waals surface area contributed by atoms with E-state index in [0.29, 0.717) is 12.8 Å². The summed E-state index contributed by atoms with van der Waals surface area (Å²) >= 11 is 3.51. The smallest absolute Gasteiger partial charge is 0.431 e. The number of fused-ring (bicyclic) bond motifs is 3. The Bertz CT molecular complexity index is 1120. The number of H-pyrrole nitrogens is 1. The Morgan fingerprint density at radius 3 is 2.66 bits per heavy atom. The van der Waals surface area contributed by atoms with Crippen molar-refractivity contribution in [1.82, 2.24) is 14.5 Å². The van der Waals surface area contributed by atoms with Crippen LogP contribution in [-0.2, 0) is 9.47 Å². The molecule has 0 atom stereocenters. The van der Waals surface area contributed by atoms with Crippen LogP contribution in [0.5, 0.6) is 0 Å². The minimum absolute atomic E-state index is 0.0410. The Morgan fingerprint density at radius 2 is 1.97 bits per heavy atom. The third-order valence-corrected chi connectivity index (χ3v) is 5.66. The largest absolute Gasteiger partial charge is 0.509 e. The van der Waals surface area contributed by atoms with Crippen molar-refractivity contribution in [2.75, 3.05) is 0 Å². The molecule has 1 N–H and O–H groups in total. The number of pyridine rings is 1. The topological polar surface area (TPSA) is 86.2 Å². The van der Waals surface area contributed by atoms with Gasteiger partial charge in [0.1, 0.15) is 11.7 Å². The van der Waals surface area contributed by atoms with Crippen molar-refractivity contribution in [1.29, 1.82) is 0 Å². The monoisotopic (exact) mass is 461 g/mol. The minimum atomic E-state index is -0.632. The molecule has 0 saturated heterocycles. The molecule has 1 aliphatic carbocycles. The lowest BCUT2D eigenvalue weighted by Crippen LogP contribution is -2.32. The maximum atomic E-state index is 12.7. The third kappa shape index (κ3) is 4.17. The number of carbonyl (C=O) groups excluding carboxylic acids is 1. The van der Waals surface area contributed by atoms with Crippen molar-refractivity contribution in [2.45, 2.75) is 64.2 Å². The van der Waals surface area contributed by atoms with Gasteiger partial charge in [-0.15, -0.1) is 0 Å². The molecule has 0 spiro atoms. The van der Waals surface area contributed by atoms with E-state index in [2.05, 4.69) is 25.9 Å². The lowest BCUT2D eigenvalue weighted by atomic mass is 9.92. The van der Waals surface area contributed by atoms with Crippen molar-refractivity contribution in [3.63, 3.8) is 0 Å². The van der Waals surface area contributed by atoms with Crippen LogP contribution in [0.1, 0.15) is 52.5 Å². The minimum Gasteiger partial charge on any atom is -0.431 e. The molecule has 7 nitrogen and oxygen atoms in total. The number of hydrogen-bond acceptors (Lipinski definition) is 5. The molecular formula is C21H24BrN3O4. The van der Waals surface area contributed by atoms with E-state index in [1.165, 1.54) is 0 Å². The molecule has 0 aliphatic heterocycles. The Balaban J connectivity index is 1.57. The van der Waals surface area contributed by atoms with E-state index in [1.807, 2.05) is 43.5 Å². The summed E-state index contributed by atoms with van der Waals surface area (Å²) in [6, 6.07) is 5.91. The van der Waals surface area contributed by atoms with Gasteiger partial charge in [0.25, 0.3) is 0 Å². The lowest BCUT2D eigenvalue weighted by Gasteiger charge is -2.30. The van der Waals surface area contributed by atoms with Crippen LogP contribution in [0, 0.1) is 0 Å². The van der Waals surface area contributed by atoms with Gasteiger partial charge in [0.15, 0.2) is 0 Å². The van der Waals surface area contributed by atoms with Crippen LogP contribution in [-0.4, -0.2) is 32.4 Å². The van der Waals surface area contributed by atoms with E-state index in [1.54, 1.807) is 6.20 Å². The van der Waals surface area contributed by atoms with Crippen LogP contribution in [0.25, 0.3) is 21.9 Å². The molecule has 4 rings (SSSR count). The summed E-state index contributed by atoms with van der Waals surface area (Å²) in [5, 5.41) is 0.933. The van der Waals surface area contributed by atoms with Crippen LogP contribution in [0.4, 0.5) is 4.79 Å². The molecule has 2 heterocycles. The summed E-state index contributed by atoms with van der Waals surface area (Å²) in [5.74, 6) is 0. The Hall–Kier alpha value is -2.35. The molecular weight excluding hydrogens is 438 g/mol. The number of benzene rings is 1. The van der Waals surface area contributed by atoms with E-state index in [-0.39, 0.29) is 17.8 Å². The molecule has 0 radical (unpaired) electrons. The fourth-order valence-corrected chi connectivity index (χ4v) is 4.32. The van der Waals surface area contributed by atoms with Crippen molar-refractivity contribution in [2.24, 2.45) is 0 Å². The zero-order chi connectivity index (χ0) is 20.8. The van der Waals surface area contributed by atoms with Gasteiger partial charge in [-0.3, -0.25) is 9.55 Å². The van der Waals surface area contributed by atoms with Crippen LogP contribution in [0.15, 0.2) is 33.7 Å². The Labute approximate surface area is 176 Å². The highest BCUT2D eigenvalue weighted by molar-refractivity contribution is 9.10. The second kappa shape index (κ2) is 7.48. The summed E-state index contributed by atoms with van der Waals surface area (Å²) < 4.78 is 13.5. The number of imidazole rings is 1. The SMILES string of the molecule is CC(C)(C)OC(=O)OC1CCC(n2c(=O)[nH]c3cnc4ccc(Br)cc4c32)CC1. The number of halogens is 1. The highest BCUT2D eigenvalue weighted by Gasteiger charge is 2.29. The lowest BCUT2D eigenvalue weighted by molar-refractivity contribution is -0.0360. The molecule has 8 heteroatoms. The molecule has 1 saturated carbocycles. The van der Waals surface area contributed by atoms with Gasteiger partial charge >= 0.3 is 11.8 Å². The van der Waals surface area contributed by atoms with Crippen molar-refractivity contribution in [3.8, 4) is 0 Å². The molecule has 1 aromatic carbocycles. The van der Waals surface area contributed by atoms with Gasteiger partial charge in [-0.05, 0) is 64.7 Å². The summed E-state index contributed by atoms with van der Waals surface area (Å²) in [7, 11) is 0. The van der Waals surface area contributed by atoms with Gasteiger partial charge < -0.3 is 14.5 Å². The van der Waals surface area contributed by atoms with Crippen molar-refractivity contribution in [3.05, 3.63) is 39.4 Å². The average Bonchev–Trinajstić information content (AvgIpc) is 2.97. The zero-order valence-corrected chi connectivity index (χ0v) is 18.3. The van der Waals surface area contributed by atoms with Gasteiger partial charge in [-0.25, -0.2) is 9.59 Å². The van der Waals surface area contributed by atoms with Crippen molar-refractivity contribution >= 4 is 44.0 Å². The summed E-state index contributed by atoms with van der Waals surface area (Å²) in [5.41, 5.74) is 1.74. The normalized spacial score (nSPS) is 20.1. The number of aromatic amines is 1. The second-order valence-corrected chi connectivity index (χ2v) is 9.41. The summed E-state index contributed by atoms with van der Waals surface area (Å²) in [4.78, 5) is 32.1. The molecule has 154 valence electrons.